The number of nitro benzene ring substituents is 1. The Morgan fingerprint density at radius 2 is 1.67 bits per heavy atom. The standard InChI is InChI=1S/C24H29FN4O4/c25-20-1-7-23(8-2-20)33-18-11-19-9-12-26(13-10-19)14-15-27-16-17-28(24(27)30)21-3-5-22(6-4-21)29(31)32/h1-8,19H,9-18H2. The van der Waals surface area contributed by atoms with Crippen LogP contribution in [-0.2, 0) is 0 Å². The van der Waals surface area contributed by atoms with E-state index >= 15 is 0 Å². The predicted octanol–water partition coefficient (Wildman–Crippen LogP) is 4.16. The van der Waals surface area contributed by atoms with Crippen molar-refractivity contribution in [2.45, 2.75) is 19.3 Å². The summed E-state index contributed by atoms with van der Waals surface area (Å²) in [5.41, 5.74) is 0.712. The molecule has 0 radical (unpaired) electrons. The molecule has 0 aromatic heterocycles. The monoisotopic (exact) mass is 456 g/mol. The molecule has 2 fully saturated rings. The number of carbonyl (C=O) groups is 1. The Hall–Kier alpha value is -3.20. The molecule has 0 N–H and O–H groups in total. The number of hydrogen-bond donors (Lipinski definition) is 0. The number of hydrogen-bond acceptors (Lipinski definition) is 5. The van der Waals surface area contributed by atoms with Crippen LogP contribution in [0.25, 0.3) is 0 Å². The van der Waals surface area contributed by atoms with Crippen LogP contribution in [-0.4, -0.2) is 66.6 Å². The van der Waals surface area contributed by atoms with Crippen LogP contribution in [0.3, 0.4) is 0 Å². The fraction of sp³-hybridized carbons (Fsp3) is 0.458. The third kappa shape index (κ3) is 5.98. The van der Waals surface area contributed by atoms with Crippen LogP contribution >= 0.6 is 0 Å². The van der Waals surface area contributed by atoms with Gasteiger partial charge in [0.1, 0.15) is 11.6 Å². The summed E-state index contributed by atoms with van der Waals surface area (Å²) in [7, 11) is 0. The lowest BCUT2D eigenvalue weighted by atomic mass is 9.94. The highest BCUT2D eigenvalue weighted by Gasteiger charge is 2.30. The molecule has 0 atom stereocenters. The van der Waals surface area contributed by atoms with E-state index in [1.54, 1.807) is 29.2 Å². The Morgan fingerprint density at radius 1 is 0.970 bits per heavy atom. The molecule has 33 heavy (non-hydrogen) atoms. The Balaban J connectivity index is 1.15. The zero-order chi connectivity index (χ0) is 23.2. The van der Waals surface area contributed by atoms with Crippen LogP contribution < -0.4 is 9.64 Å². The minimum absolute atomic E-state index is 0.0210. The van der Waals surface area contributed by atoms with Crippen molar-refractivity contribution in [1.29, 1.82) is 0 Å². The minimum Gasteiger partial charge on any atom is -0.494 e. The largest absolute Gasteiger partial charge is 0.494 e. The average molecular weight is 457 g/mol. The van der Waals surface area contributed by atoms with Gasteiger partial charge in [-0.3, -0.25) is 15.0 Å². The first-order valence-corrected chi connectivity index (χ1v) is 11.4. The predicted molar refractivity (Wildman–Crippen MR) is 123 cm³/mol. The first kappa shape index (κ1) is 23.0. The summed E-state index contributed by atoms with van der Waals surface area (Å²) >= 11 is 0. The number of anilines is 1. The summed E-state index contributed by atoms with van der Waals surface area (Å²) in [6.45, 7) is 5.43. The van der Waals surface area contributed by atoms with Gasteiger partial charge in [-0.15, -0.1) is 0 Å². The maximum Gasteiger partial charge on any atom is 0.324 e. The molecule has 0 saturated carbocycles. The molecule has 176 valence electrons. The molecule has 2 saturated heterocycles. The van der Waals surface area contributed by atoms with Gasteiger partial charge in [0.15, 0.2) is 0 Å². The molecule has 9 heteroatoms. The number of ether oxygens (including phenoxy) is 1. The molecule has 8 nitrogen and oxygen atoms in total. The lowest BCUT2D eigenvalue weighted by Gasteiger charge is -2.33. The SMILES string of the molecule is O=C1N(CCN2CCC(CCOc3ccc(F)cc3)CC2)CCN1c1ccc([N+](=O)[O-])cc1. The van der Waals surface area contributed by atoms with E-state index in [1.807, 2.05) is 4.90 Å². The Kier molecular flexibility index (Phi) is 7.39. The normalized spacial score (nSPS) is 17.5. The Bertz CT molecular complexity index is 946. The number of nitrogens with zero attached hydrogens (tertiary/aromatic N) is 4. The van der Waals surface area contributed by atoms with E-state index in [9.17, 15) is 19.3 Å². The third-order valence-electron chi connectivity index (χ3n) is 6.47. The van der Waals surface area contributed by atoms with E-state index in [4.69, 9.17) is 4.74 Å². The Labute approximate surface area is 192 Å². The third-order valence-corrected chi connectivity index (χ3v) is 6.47. The van der Waals surface area contributed by atoms with Crippen molar-refractivity contribution >= 4 is 17.4 Å². The average Bonchev–Trinajstić information content (AvgIpc) is 3.20. The van der Waals surface area contributed by atoms with E-state index < -0.39 is 4.92 Å². The molecule has 2 amide bonds. The zero-order valence-electron chi connectivity index (χ0n) is 18.6. The van der Waals surface area contributed by atoms with E-state index in [1.165, 1.54) is 24.3 Å². The maximum atomic E-state index is 12.9. The number of piperidine rings is 1. The van der Waals surface area contributed by atoms with Crippen molar-refractivity contribution in [2.75, 3.05) is 50.8 Å². The first-order valence-electron chi connectivity index (χ1n) is 11.4. The van der Waals surface area contributed by atoms with E-state index in [0.717, 1.165) is 38.9 Å². The highest BCUT2D eigenvalue weighted by molar-refractivity contribution is 5.94. The van der Waals surface area contributed by atoms with E-state index in [2.05, 4.69) is 4.90 Å². The molecular formula is C24H29FN4O4. The maximum absolute atomic E-state index is 12.9. The van der Waals surface area contributed by atoms with Crippen molar-refractivity contribution < 1.29 is 18.8 Å². The number of rotatable bonds is 9. The van der Waals surface area contributed by atoms with Gasteiger partial charge in [-0.2, -0.15) is 0 Å². The van der Waals surface area contributed by atoms with Crippen LogP contribution in [0.15, 0.2) is 48.5 Å². The second kappa shape index (κ2) is 10.6. The number of non-ortho nitro benzene ring substituents is 1. The quantitative estimate of drug-likeness (QED) is 0.418. The van der Waals surface area contributed by atoms with Crippen LogP contribution in [0.4, 0.5) is 20.6 Å². The van der Waals surface area contributed by atoms with Gasteiger partial charge in [-0.05, 0) is 74.7 Å². The molecule has 2 heterocycles. The summed E-state index contributed by atoms with van der Waals surface area (Å²) in [5, 5.41) is 10.8. The molecule has 0 spiro atoms. The molecule has 0 bridgehead atoms. The smallest absolute Gasteiger partial charge is 0.324 e. The van der Waals surface area contributed by atoms with Gasteiger partial charge in [-0.25, -0.2) is 9.18 Å². The van der Waals surface area contributed by atoms with Gasteiger partial charge >= 0.3 is 6.03 Å². The lowest BCUT2D eigenvalue weighted by Crippen LogP contribution is -2.41. The number of nitro groups is 1. The number of benzene rings is 2. The van der Waals surface area contributed by atoms with Crippen molar-refractivity contribution in [3.63, 3.8) is 0 Å². The zero-order valence-corrected chi connectivity index (χ0v) is 18.6. The van der Waals surface area contributed by atoms with Gasteiger partial charge in [0, 0.05) is 44.0 Å². The minimum atomic E-state index is -0.441. The lowest BCUT2D eigenvalue weighted by molar-refractivity contribution is -0.384. The van der Waals surface area contributed by atoms with Crippen LogP contribution in [0.5, 0.6) is 5.75 Å². The number of carbonyl (C=O) groups excluding carboxylic acids is 1. The number of urea groups is 1. The molecule has 2 aliphatic rings. The molecular weight excluding hydrogens is 427 g/mol. The highest BCUT2D eigenvalue weighted by atomic mass is 19.1. The van der Waals surface area contributed by atoms with E-state index in [-0.39, 0.29) is 17.5 Å². The molecule has 0 unspecified atom stereocenters. The van der Waals surface area contributed by atoms with Crippen molar-refractivity contribution in [2.24, 2.45) is 5.92 Å². The number of amides is 2. The van der Waals surface area contributed by atoms with Gasteiger partial charge in [0.25, 0.3) is 5.69 Å². The van der Waals surface area contributed by atoms with Crippen LogP contribution in [0, 0.1) is 21.8 Å². The van der Waals surface area contributed by atoms with Gasteiger partial charge in [0.2, 0.25) is 0 Å². The molecule has 2 aromatic carbocycles. The van der Waals surface area contributed by atoms with Gasteiger partial charge in [-0.1, -0.05) is 0 Å². The Morgan fingerprint density at radius 3 is 2.33 bits per heavy atom. The van der Waals surface area contributed by atoms with Crippen molar-refractivity contribution in [3.8, 4) is 5.75 Å². The van der Waals surface area contributed by atoms with Gasteiger partial charge in [0.05, 0.1) is 11.5 Å². The van der Waals surface area contributed by atoms with Crippen LogP contribution in [0.1, 0.15) is 19.3 Å². The fourth-order valence-corrected chi connectivity index (χ4v) is 4.42. The fourth-order valence-electron chi connectivity index (χ4n) is 4.42. The topological polar surface area (TPSA) is 79.2 Å². The number of halogens is 1. The second-order valence-electron chi connectivity index (χ2n) is 8.57. The first-order chi connectivity index (χ1) is 16.0. The van der Waals surface area contributed by atoms with Crippen molar-refractivity contribution in [1.82, 2.24) is 9.80 Å². The second-order valence-corrected chi connectivity index (χ2v) is 8.57. The van der Waals surface area contributed by atoms with Gasteiger partial charge < -0.3 is 14.5 Å². The number of likely N-dealkylation sites (tertiary alicyclic amines) is 1. The summed E-state index contributed by atoms with van der Waals surface area (Å²) in [5.74, 6) is 1.06. The highest BCUT2D eigenvalue weighted by Crippen LogP contribution is 2.24. The summed E-state index contributed by atoms with van der Waals surface area (Å²) in [4.78, 5) is 29.1. The molecule has 2 aliphatic heterocycles. The molecule has 0 aliphatic carbocycles. The summed E-state index contributed by atoms with van der Waals surface area (Å²) in [6, 6.07) is 12.2. The van der Waals surface area contributed by atoms with E-state index in [0.29, 0.717) is 43.6 Å². The molecule has 4 rings (SSSR count). The summed E-state index contributed by atoms with van der Waals surface area (Å²) < 4.78 is 18.7. The summed E-state index contributed by atoms with van der Waals surface area (Å²) in [6.07, 6.45) is 3.20. The van der Waals surface area contributed by atoms with Crippen LogP contribution in [0.2, 0.25) is 0 Å². The van der Waals surface area contributed by atoms with Crippen molar-refractivity contribution in [3.05, 3.63) is 64.5 Å². The molecule has 2 aromatic rings.